The van der Waals surface area contributed by atoms with Gasteiger partial charge in [-0.25, -0.2) is 4.98 Å². The molecule has 2 aromatic rings. The zero-order valence-corrected chi connectivity index (χ0v) is 8.78. The smallest absolute Gasteiger partial charge is 0.136 e. The molecule has 0 saturated heterocycles. The largest absolute Gasteiger partial charge is 0.308 e. The van der Waals surface area contributed by atoms with Crippen LogP contribution < -0.4 is 0 Å². The summed E-state index contributed by atoms with van der Waals surface area (Å²) in [4.78, 5) is 4.39. The fourth-order valence-electron chi connectivity index (χ4n) is 1.40. The van der Waals surface area contributed by atoms with E-state index in [1.807, 2.05) is 17.0 Å². The molecule has 0 unspecified atom stereocenters. The molecular weight excluding hydrogens is 172 g/mol. The molecule has 2 heteroatoms. The lowest BCUT2D eigenvalue weighted by atomic mass is 10.2. The first-order valence-electron chi connectivity index (χ1n) is 4.75. The molecule has 0 spiro atoms. The van der Waals surface area contributed by atoms with E-state index in [0.717, 1.165) is 5.82 Å². The zero-order valence-electron chi connectivity index (χ0n) is 8.78. The van der Waals surface area contributed by atoms with E-state index in [1.54, 1.807) is 0 Å². The SMILES string of the molecule is Cc1ccn(-c2cc(C)c(C)cn2)c1. The summed E-state index contributed by atoms with van der Waals surface area (Å²) < 4.78 is 2.04. The van der Waals surface area contributed by atoms with Crippen LogP contribution in [0.25, 0.3) is 5.82 Å². The third-order valence-electron chi connectivity index (χ3n) is 2.46. The Morgan fingerprint density at radius 2 is 1.93 bits per heavy atom. The van der Waals surface area contributed by atoms with Gasteiger partial charge in [0, 0.05) is 18.6 Å². The minimum absolute atomic E-state index is 0.987. The van der Waals surface area contributed by atoms with Crippen LogP contribution in [-0.2, 0) is 0 Å². The number of aromatic nitrogens is 2. The minimum atomic E-state index is 0.987. The number of hydrogen-bond acceptors (Lipinski definition) is 1. The lowest BCUT2D eigenvalue weighted by Crippen LogP contribution is -1.95. The molecule has 0 radical (unpaired) electrons. The van der Waals surface area contributed by atoms with Crippen LogP contribution in [0.5, 0.6) is 0 Å². The maximum atomic E-state index is 4.39. The van der Waals surface area contributed by atoms with Gasteiger partial charge in [-0.3, -0.25) is 0 Å². The Morgan fingerprint density at radius 1 is 1.14 bits per heavy atom. The normalized spacial score (nSPS) is 10.5. The van der Waals surface area contributed by atoms with Crippen molar-refractivity contribution in [1.82, 2.24) is 9.55 Å². The molecule has 0 bridgehead atoms. The number of hydrogen-bond donors (Lipinski definition) is 0. The summed E-state index contributed by atoms with van der Waals surface area (Å²) in [5.41, 5.74) is 3.77. The Hall–Kier alpha value is -1.57. The van der Waals surface area contributed by atoms with E-state index < -0.39 is 0 Å². The molecule has 2 heterocycles. The monoisotopic (exact) mass is 186 g/mol. The van der Waals surface area contributed by atoms with Gasteiger partial charge in [0.05, 0.1) is 0 Å². The van der Waals surface area contributed by atoms with Crippen molar-refractivity contribution in [2.45, 2.75) is 20.8 Å². The molecule has 2 nitrogen and oxygen atoms in total. The van der Waals surface area contributed by atoms with Crippen LogP contribution >= 0.6 is 0 Å². The molecule has 2 aromatic heterocycles. The highest BCUT2D eigenvalue weighted by Crippen LogP contribution is 2.11. The molecule has 0 amide bonds. The second-order valence-electron chi connectivity index (χ2n) is 3.72. The molecule has 0 saturated carbocycles. The van der Waals surface area contributed by atoms with Crippen LogP contribution in [0.1, 0.15) is 16.7 Å². The first kappa shape index (κ1) is 9.00. The molecule has 0 N–H and O–H groups in total. The van der Waals surface area contributed by atoms with Crippen molar-refractivity contribution in [1.29, 1.82) is 0 Å². The number of nitrogens with zero attached hydrogens (tertiary/aromatic N) is 2. The fraction of sp³-hybridized carbons (Fsp3) is 0.250. The van der Waals surface area contributed by atoms with E-state index in [-0.39, 0.29) is 0 Å². The second-order valence-corrected chi connectivity index (χ2v) is 3.72. The predicted octanol–water partition coefficient (Wildman–Crippen LogP) is 2.80. The molecule has 14 heavy (non-hydrogen) atoms. The lowest BCUT2D eigenvalue weighted by Gasteiger charge is -2.04. The van der Waals surface area contributed by atoms with E-state index >= 15 is 0 Å². The topological polar surface area (TPSA) is 17.8 Å². The molecule has 0 aliphatic rings. The summed E-state index contributed by atoms with van der Waals surface area (Å²) >= 11 is 0. The van der Waals surface area contributed by atoms with Crippen molar-refractivity contribution in [2.24, 2.45) is 0 Å². The summed E-state index contributed by atoms with van der Waals surface area (Å²) in [6.45, 7) is 6.27. The summed E-state index contributed by atoms with van der Waals surface area (Å²) in [6, 6.07) is 4.19. The standard InChI is InChI=1S/C12H14N2/c1-9-4-5-14(8-9)12-6-10(2)11(3)7-13-12/h4-8H,1-3H3. The van der Waals surface area contributed by atoms with Gasteiger partial charge in [0.2, 0.25) is 0 Å². The summed E-state index contributed by atoms with van der Waals surface area (Å²) in [7, 11) is 0. The minimum Gasteiger partial charge on any atom is -0.308 e. The average molecular weight is 186 g/mol. The van der Waals surface area contributed by atoms with Crippen molar-refractivity contribution >= 4 is 0 Å². The third-order valence-corrected chi connectivity index (χ3v) is 2.46. The van der Waals surface area contributed by atoms with Crippen molar-refractivity contribution in [2.75, 3.05) is 0 Å². The van der Waals surface area contributed by atoms with Gasteiger partial charge in [-0.15, -0.1) is 0 Å². The second kappa shape index (κ2) is 3.29. The van der Waals surface area contributed by atoms with Gasteiger partial charge < -0.3 is 4.57 Å². The van der Waals surface area contributed by atoms with Gasteiger partial charge >= 0.3 is 0 Å². The highest BCUT2D eigenvalue weighted by molar-refractivity contribution is 5.33. The summed E-state index contributed by atoms with van der Waals surface area (Å²) in [6.07, 6.45) is 6.03. The van der Waals surface area contributed by atoms with Crippen LogP contribution in [-0.4, -0.2) is 9.55 Å². The van der Waals surface area contributed by atoms with E-state index in [9.17, 15) is 0 Å². The third kappa shape index (κ3) is 1.55. The van der Waals surface area contributed by atoms with Crippen molar-refractivity contribution in [3.8, 4) is 5.82 Å². The van der Waals surface area contributed by atoms with E-state index in [1.165, 1.54) is 16.7 Å². The van der Waals surface area contributed by atoms with Crippen molar-refractivity contribution in [3.63, 3.8) is 0 Å². The predicted molar refractivity (Wildman–Crippen MR) is 57.8 cm³/mol. The van der Waals surface area contributed by atoms with E-state index in [0.29, 0.717) is 0 Å². The molecule has 0 aliphatic heterocycles. The van der Waals surface area contributed by atoms with Gasteiger partial charge in [-0.2, -0.15) is 0 Å². The number of aryl methyl sites for hydroxylation is 3. The molecule has 0 aliphatic carbocycles. The van der Waals surface area contributed by atoms with E-state index in [4.69, 9.17) is 0 Å². The lowest BCUT2D eigenvalue weighted by molar-refractivity contribution is 0.992. The number of pyridine rings is 1. The first-order valence-corrected chi connectivity index (χ1v) is 4.75. The Labute approximate surface area is 84.2 Å². The van der Waals surface area contributed by atoms with Crippen LogP contribution in [0.2, 0.25) is 0 Å². The van der Waals surface area contributed by atoms with Gasteiger partial charge in [0.1, 0.15) is 5.82 Å². The molecule has 72 valence electrons. The number of rotatable bonds is 1. The van der Waals surface area contributed by atoms with Crippen LogP contribution in [0.15, 0.2) is 30.7 Å². The zero-order chi connectivity index (χ0) is 10.1. The quantitative estimate of drug-likeness (QED) is 0.669. The molecule has 2 rings (SSSR count). The Bertz CT molecular complexity index is 455. The Balaban J connectivity index is 2.47. The van der Waals surface area contributed by atoms with E-state index in [2.05, 4.69) is 44.1 Å². The van der Waals surface area contributed by atoms with Gasteiger partial charge in [-0.1, -0.05) is 0 Å². The highest BCUT2D eigenvalue weighted by Gasteiger charge is 1.99. The molecular formula is C12H14N2. The van der Waals surface area contributed by atoms with Gasteiger partial charge in [0.15, 0.2) is 0 Å². The fourth-order valence-corrected chi connectivity index (χ4v) is 1.40. The Kier molecular flexibility index (Phi) is 2.12. The van der Waals surface area contributed by atoms with Crippen LogP contribution in [0.3, 0.4) is 0 Å². The summed E-state index contributed by atoms with van der Waals surface area (Å²) in [5.74, 6) is 0.987. The molecule has 0 atom stereocenters. The molecule has 0 fully saturated rings. The first-order chi connectivity index (χ1) is 6.66. The molecule has 0 aromatic carbocycles. The van der Waals surface area contributed by atoms with Crippen LogP contribution in [0, 0.1) is 20.8 Å². The van der Waals surface area contributed by atoms with Gasteiger partial charge in [0.25, 0.3) is 0 Å². The maximum absolute atomic E-state index is 4.39. The highest BCUT2D eigenvalue weighted by atomic mass is 15.0. The Morgan fingerprint density at radius 3 is 2.50 bits per heavy atom. The van der Waals surface area contributed by atoms with Crippen molar-refractivity contribution < 1.29 is 0 Å². The van der Waals surface area contributed by atoms with Crippen molar-refractivity contribution in [3.05, 3.63) is 47.4 Å². The van der Waals surface area contributed by atoms with Crippen LogP contribution in [0.4, 0.5) is 0 Å². The van der Waals surface area contributed by atoms with Gasteiger partial charge in [-0.05, 0) is 49.6 Å². The maximum Gasteiger partial charge on any atom is 0.136 e. The summed E-state index contributed by atoms with van der Waals surface area (Å²) in [5, 5.41) is 0. The average Bonchev–Trinajstić information content (AvgIpc) is 2.57.